The maximum Gasteiger partial charge on any atom is 0.416 e. The molecule has 4 aromatic rings. The van der Waals surface area contributed by atoms with Crippen LogP contribution in [0.5, 0.6) is 0 Å². The van der Waals surface area contributed by atoms with Gasteiger partial charge in [-0.2, -0.15) is 13.2 Å². The molecule has 0 atom stereocenters. The van der Waals surface area contributed by atoms with Crippen molar-refractivity contribution in [2.24, 2.45) is 0 Å². The molecule has 0 saturated heterocycles. The lowest BCUT2D eigenvalue weighted by molar-refractivity contribution is -0.137. The summed E-state index contributed by atoms with van der Waals surface area (Å²) >= 11 is 0. The van der Waals surface area contributed by atoms with Gasteiger partial charge in [-0.25, -0.2) is 4.39 Å². The van der Waals surface area contributed by atoms with Crippen LogP contribution < -0.4 is 5.56 Å². The summed E-state index contributed by atoms with van der Waals surface area (Å²) in [6, 6.07) is 11.9. The van der Waals surface area contributed by atoms with E-state index in [1.54, 1.807) is 6.07 Å². The zero-order valence-corrected chi connectivity index (χ0v) is 15.3. The number of aromatic nitrogens is 2. The number of aromatic amines is 1. The smallest absolute Gasteiger partial charge is 0.333 e. The molecule has 1 N–H and O–H groups in total. The minimum atomic E-state index is -4.61. The Hall–Kier alpha value is -3.68. The molecule has 152 valence electrons. The number of nitrogens with zero attached hydrogens (tertiary/aromatic N) is 1. The van der Waals surface area contributed by atoms with Crippen molar-refractivity contribution in [3.63, 3.8) is 0 Å². The molecule has 0 bridgehead atoms. The van der Waals surface area contributed by atoms with Gasteiger partial charge in [-0.3, -0.25) is 9.59 Å². The first-order chi connectivity index (χ1) is 14.3. The highest BCUT2D eigenvalue weighted by Crippen LogP contribution is 2.38. The fraction of sp³-hybridized carbons (Fsp3) is 0.0909. The number of rotatable bonds is 4. The van der Waals surface area contributed by atoms with E-state index in [1.165, 1.54) is 47.2 Å². The van der Waals surface area contributed by atoms with Gasteiger partial charge in [-0.1, -0.05) is 18.2 Å². The largest absolute Gasteiger partial charge is 0.416 e. The topological polar surface area (TPSA) is 54.9 Å². The SMILES string of the molecule is O=Cc1c(-c2ccc[nH]c2=O)c2cc(C(F)(F)F)ccc2n1Cc1ccccc1F. The van der Waals surface area contributed by atoms with Gasteiger partial charge >= 0.3 is 6.18 Å². The van der Waals surface area contributed by atoms with Gasteiger partial charge in [0.1, 0.15) is 5.82 Å². The van der Waals surface area contributed by atoms with Crippen molar-refractivity contribution in [2.45, 2.75) is 12.7 Å². The van der Waals surface area contributed by atoms with Gasteiger partial charge in [0.2, 0.25) is 0 Å². The van der Waals surface area contributed by atoms with Crippen LogP contribution in [0.3, 0.4) is 0 Å². The number of carbonyl (C=O) groups excluding carboxylic acids is 1. The zero-order chi connectivity index (χ0) is 21.5. The molecule has 0 unspecified atom stereocenters. The van der Waals surface area contributed by atoms with E-state index in [-0.39, 0.29) is 39.8 Å². The van der Waals surface area contributed by atoms with E-state index in [0.29, 0.717) is 6.29 Å². The van der Waals surface area contributed by atoms with Crippen LogP contribution in [0, 0.1) is 5.82 Å². The molecular weight excluding hydrogens is 400 g/mol. The molecule has 0 spiro atoms. The summed E-state index contributed by atoms with van der Waals surface area (Å²) in [5.74, 6) is -0.512. The van der Waals surface area contributed by atoms with Gasteiger partial charge in [0.15, 0.2) is 6.29 Å². The molecule has 30 heavy (non-hydrogen) atoms. The van der Waals surface area contributed by atoms with Gasteiger partial charge in [0.25, 0.3) is 5.56 Å². The second-order valence-corrected chi connectivity index (χ2v) is 6.70. The van der Waals surface area contributed by atoms with Gasteiger partial charge in [0.05, 0.1) is 17.8 Å². The van der Waals surface area contributed by atoms with E-state index in [2.05, 4.69) is 4.98 Å². The quantitative estimate of drug-likeness (QED) is 0.377. The molecule has 0 radical (unpaired) electrons. The summed E-state index contributed by atoms with van der Waals surface area (Å²) in [5, 5.41) is 0.0833. The number of benzene rings is 2. The fourth-order valence-corrected chi connectivity index (χ4v) is 3.54. The monoisotopic (exact) mass is 414 g/mol. The van der Waals surface area contributed by atoms with E-state index in [9.17, 15) is 27.2 Å². The maximum absolute atomic E-state index is 14.2. The molecule has 0 aliphatic rings. The lowest BCUT2D eigenvalue weighted by Gasteiger charge is -2.10. The average molecular weight is 414 g/mol. The molecule has 2 aromatic carbocycles. The Labute approximate surface area is 167 Å². The first kappa shape index (κ1) is 19.6. The van der Waals surface area contributed by atoms with Crippen LogP contribution in [0.2, 0.25) is 0 Å². The minimum Gasteiger partial charge on any atom is -0.333 e. The Balaban J connectivity index is 2.07. The van der Waals surface area contributed by atoms with Crippen molar-refractivity contribution < 1.29 is 22.4 Å². The third-order valence-electron chi connectivity index (χ3n) is 4.92. The van der Waals surface area contributed by atoms with Crippen molar-refractivity contribution in [3.8, 4) is 11.1 Å². The number of halogens is 4. The number of carbonyl (C=O) groups is 1. The number of alkyl halides is 3. The van der Waals surface area contributed by atoms with Crippen LogP contribution >= 0.6 is 0 Å². The van der Waals surface area contributed by atoms with E-state index < -0.39 is 23.1 Å². The van der Waals surface area contributed by atoms with Gasteiger partial charge in [0, 0.05) is 33.8 Å². The Morgan fingerprint density at radius 3 is 2.47 bits per heavy atom. The lowest BCUT2D eigenvalue weighted by atomic mass is 10.0. The molecular formula is C22H14F4N2O2. The number of nitrogens with one attached hydrogen (secondary N) is 1. The summed E-state index contributed by atoms with van der Waals surface area (Å²) in [6.07, 6.45) is -2.76. The van der Waals surface area contributed by atoms with Crippen molar-refractivity contribution in [1.82, 2.24) is 9.55 Å². The molecule has 4 nitrogen and oxygen atoms in total. The van der Waals surface area contributed by atoms with E-state index >= 15 is 0 Å². The van der Waals surface area contributed by atoms with E-state index in [4.69, 9.17) is 0 Å². The summed E-state index contributed by atoms with van der Waals surface area (Å²) in [5.41, 5.74) is -0.811. The lowest BCUT2D eigenvalue weighted by Crippen LogP contribution is -2.10. The zero-order valence-electron chi connectivity index (χ0n) is 15.3. The maximum atomic E-state index is 14.2. The molecule has 0 aliphatic heterocycles. The van der Waals surface area contributed by atoms with Crippen molar-refractivity contribution in [1.29, 1.82) is 0 Å². The molecule has 2 aromatic heterocycles. The standard InChI is InChI=1S/C22H14F4N2O2/c23-17-6-2-1-4-13(17)11-28-18-8-7-14(22(24,25)26)10-16(18)20(19(28)12-29)15-5-3-9-27-21(15)30/h1-10,12H,11H2,(H,27,30). The highest BCUT2D eigenvalue weighted by atomic mass is 19.4. The average Bonchev–Trinajstić information content (AvgIpc) is 3.02. The highest BCUT2D eigenvalue weighted by molar-refractivity contribution is 6.05. The Morgan fingerprint density at radius 2 is 1.80 bits per heavy atom. The number of hydrogen-bond acceptors (Lipinski definition) is 2. The Kier molecular flexibility index (Phi) is 4.77. The third kappa shape index (κ3) is 3.30. The number of fused-ring (bicyclic) bond motifs is 1. The second kappa shape index (κ2) is 7.29. The summed E-state index contributed by atoms with van der Waals surface area (Å²) in [4.78, 5) is 26.8. The van der Waals surface area contributed by atoms with Crippen LogP contribution in [-0.4, -0.2) is 15.8 Å². The number of aldehydes is 1. The Bertz CT molecular complexity index is 1320. The fourth-order valence-electron chi connectivity index (χ4n) is 3.54. The molecule has 2 heterocycles. The second-order valence-electron chi connectivity index (χ2n) is 6.70. The molecule has 0 amide bonds. The minimum absolute atomic E-state index is 0.00993. The van der Waals surface area contributed by atoms with Crippen LogP contribution in [0.15, 0.2) is 65.6 Å². The van der Waals surface area contributed by atoms with Crippen molar-refractivity contribution in [3.05, 3.63) is 93.8 Å². The summed E-state index contributed by atoms with van der Waals surface area (Å²) in [7, 11) is 0. The molecule has 4 rings (SSSR count). The highest BCUT2D eigenvalue weighted by Gasteiger charge is 2.32. The number of hydrogen-bond donors (Lipinski definition) is 1. The number of H-pyrrole nitrogens is 1. The first-order valence-corrected chi connectivity index (χ1v) is 8.91. The van der Waals surface area contributed by atoms with Crippen LogP contribution in [0.4, 0.5) is 17.6 Å². The molecule has 0 aliphatic carbocycles. The summed E-state index contributed by atoms with van der Waals surface area (Å²) in [6.45, 7) is -0.0899. The summed E-state index contributed by atoms with van der Waals surface area (Å²) < 4.78 is 55.6. The predicted octanol–water partition coefficient (Wildman–Crippen LogP) is 5.02. The third-order valence-corrected chi connectivity index (χ3v) is 4.92. The van der Waals surface area contributed by atoms with Crippen LogP contribution in [-0.2, 0) is 12.7 Å². The van der Waals surface area contributed by atoms with E-state index in [0.717, 1.165) is 12.1 Å². The van der Waals surface area contributed by atoms with Gasteiger partial charge < -0.3 is 9.55 Å². The predicted molar refractivity (Wildman–Crippen MR) is 104 cm³/mol. The van der Waals surface area contributed by atoms with Crippen LogP contribution in [0.25, 0.3) is 22.0 Å². The molecule has 8 heteroatoms. The van der Waals surface area contributed by atoms with Crippen molar-refractivity contribution in [2.75, 3.05) is 0 Å². The molecule has 0 saturated carbocycles. The van der Waals surface area contributed by atoms with Gasteiger partial charge in [-0.05, 0) is 36.4 Å². The van der Waals surface area contributed by atoms with E-state index in [1.807, 2.05) is 0 Å². The normalized spacial score (nSPS) is 11.7. The van der Waals surface area contributed by atoms with Crippen molar-refractivity contribution >= 4 is 17.2 Å². The number of pyridine rings is 1. The van der Waals surface area contributed by atoms with Gasteiger partial charge in [-0.15, -0.1) is 0 Å². The first-order valence-electron chi connectivity index (χ1n) is 8.91. The van der Waals surface area contributed by atoms with Crippen LogP contribution in [0.1, 0.15) is 21.6 Å². The Morgan fingerprint density at radius 1 is 1.03 bits per heavy atom. The molecule has 0 fully saturated rings.